The number of halogens is 1. The van der Waals surface area contributed by atoms with E-state index < -0.39 is 0 Å². The second-order valence-electron chi connectivity index (χ2n) is 5.82. The van der Waals surface area contributed by atoms with Crippen LogP contribution in [0.4, 0.5) is 0 Å². The minimum atomic E-state index is -0.155. The van der Waals surface area contributed by atoms with E-state index in [-0.39, 0.29) is 23.3 Å². The van der Waals surface area contributed by atoms with E-state index >= 15 is 0 Å². The van der Waals surface area contributed by atoms with Crippen molar-refractivity contribution in [3.8, 4) is 5.69 Å². The lowest BCUT2D eigenvalue weighted by molar-refractivity contribution is -0.119. The Morgan fingerprint density at radius 1 is 1.42 bits per heavy atom. The molecule has 1 aromatic carbocycles. The first kappa shape index (κ1) is 18.9. The van der Waals surface area contributed by atoms with Gasteiger partial charge in [0.25, 0.3) is 5.56 Å². The van der Waals surface area contributed by atoms with Crippen LogP contribution in [0.25, 0.3) is 15.9 Å². The van der Waals surface area contributed by atoms with Gasteiger partial charge in [-0.1, -0.05) is 36.4 Å². The summed E-state index contributed by atoms with van der Waals surface area (Å²) in [5, 5.41) is 5.77. The molecule has 26 heavy (non-hydrogen) atoms. The maximum absolute atomic E-state index is 13.0. The zero-order chi connectivity index (χ0) is 18.7. The van der Waals surface area contributed by atoms with Gasteiger partial charge in [-0.3, -0.25) is 14.2 Å². The molecule has 3 rings (SSSR count). The summed E-state index contributed by atoms with van der Waals surface area (Å²) < 4.78 is 2.10. The van der Waals surface area contributed by atoms with Gasteiger partial charge in [-0.15, -0.1) is 11.3 Å². The quantitative estimate of drug-likeness (QED) is 0.493. The molecule has 2 aromatic heterocycles. The van der Waals surface area contributed by atoms with Gasteiger partial charge in [0.2, 0.25) is 5.91 Å². The summed E-state index contributed by atoms with van der Waals surface area (Å²) >= 11 is 8.69. The SMILES string of the molecule is CC[C@@H](C)NC(=O)CSc1nc2ccsc2c(=O)n1-c1cccc(Cl)c1. The number of hydrogen-bond donors (Lipinski definition) is 1. The molecule has 1 amide bonds. The third kappa shape index (κ3) is 4.11. The molecule has 0 saturated carbocycles. The topological polar surface area (TPSA) is 64.0 Å². The number of carbonyl (C=O) groups excluding carboxylic acids is 1. The number of carbonyl (C=O) groups is 1. The van der Waals surface area contributed by atoms with E-state index in [0.717, 1.165) is 6.42 Å². The average Bonchev–Trinajstić information content (AvgIpc) is 3.08. The Kier molecular flexibility index (Phi) is 6.01. The highest BCUT2D eigenvalue weighted by Crippen LogP contribution is 2.24. The first-order valence-electron chi connectivity index (χ1n) is 8.18. The zero-order valence-corrected chi connectivity index (χ0v) is 16.7. The molecule has 0 aliphatic heterocycles. The highest BCUT2D eigenvalue weighted by Gasteiger charge is 2.16. The number of fused-ring (bicyclic) bond motifs is 1. The van der Waals surface area contributed by atoms with Crippen LogP contribution in [0.15, 0.2) is 45.7 Å². The molecule has 136 valence electrons. The second kappa shape index (κ2) is 8.24. The number of aromatic nitrogens is 2. The highest BCUT2D eigenvalue weighted by atomic mass is 35.5. The fourth-order valence-electron chi connectivity index (χ4n) is 2.38. The minimum absolute atomic E-state index is 0.0818. The minimum Gasteiger partial charge on any atom is -0.353 e. The Morgan fingerprint density at radius 3 is 2.96 bits per heavy atom. The summed E-state index contributed by atoms with van der Waals surface area (Å²) in [6.45, 7) is 3.97. The van der Waals surface area contributed by atoms with Crippen LogP contribution >= 0.6 is 34.7 Å². The molecule has 0 saturated heterocycles. The van der Waals surface area contributed by atoms with Crippen LogP contribution in [0, 0.1) is 0 Å². The van der Waals surface area contributed by atoms with E-state index in [1.807, 2.05) is 25.3 Å². The summed E-state index contributed by atoms with van der Waals surface area (Å²) in [5.41, 5.74) is 1.12. The molecule has 2 heterocycles. The van der Waals surface area contributed by atoms with Crippen LogP contribution in [-0.4, -0.2) is 27.3 Å². The van der Waals surface area contributed by atoms with Crippen LogP contribution in [0.1, 0.15) is 20.3 Å². The van der Waals surface area contributed by atoms with Gasteiger partial charge in [0, 0.05) is 11.1 Å². The predicted molar refractivity (Wildman–Crippen MR) is 109 cm³/mol. The van der Waals surface area contributed by atoms with Gasteiger partial charge in [0.05, 0.1) is 17.0 Å². The molecule has 8 heteroatoms. The second-order valence-corrected chi connectivity index (χ2v) is 8.11. The van der Waals surface area contributed by atoms with Crippen molar-refractivity contribution >= 4 is 50.8 Å². The molecule has 0 spiro atoms. The van der Waals surface area contributed by atoms with Gasteiger partial charge >= 0.3 is 0 Å². The van der Waals surface area contributed by atoms with Crippen molar-refractivity contribution < 1.29 is 4.79 Å². The average molecular weight is 408 g/mol. The Bertz CT molecular complexity index is 1000. The van der Waals surface area contributed by atoms with Crippen LogP contribution in [-0.2, 0) is 4.79 Å². The van der Waals surface area contributed by atoms with Crippen LogP contribution < -0.4 is 10.9 Å². The Balaban J connectivity index is 1.99. The molecule has 0 radical (unpaired) electrons. The summed E-state index contributed by atoms with van der Waals surface area (Å²) in [7, 11) is 0. The Labute approximate surface area is 164 Å². The van der Waals surface area contributed by atoms with Crippen molar-refractivity contribution in [1.29, 1.82) is 0 Å². The van der Waals surface area contributed by atoms with Crippen molar-refractivity contribution in [2.45, 2.75) is 31.5 Å². The number of nitrogens with one attached hydrogen (secondary N) is 1. The normalized spacial score (nSPS) is 12.3. The predicted octanol–water partition coefficient (Wildman–Crippen LogP) is 4.11. The highest BCUT2D eigenvalue weighted by molar-refractivity contribution is 7.99. The standard InChI is InChI=1S/C18H18ClN3O2S2/c1-3-11(2)20-15(23)10-26-18-21-14-7-8-25-16(14)17(24)22(18)13-6-4-5-12(19)9-13/h4-9,11H,3,10H2,1-2H3,(H,20,23)/t11-/m1/s1. The number of thioether (sulfide) groups is 1. The number of thiophene rings is 1. The van der Waals surface area contributed by atoms with Gasteiger partial charge in [0.15, 0.2) is 5.16 Å². The molecule has 0 unspecified atom stereocenters. The van der Waals surface area contributed by atoms with Crippen molar-refractivity contribution in [2.75, 3.05) is 5.75 Å². The lowest BCUT2D eigenvalue weighted by Crippen LogP contribution is -2.33. The number of hydrogen-bond acceptors (Lipinski definition) is 5. The molecule has 0 aliphatic rings. The van der Waals surface area contributed by atoms with Crippen molar-refractivity contribution in [3.05, 3.63) is 51.1 Å². The molecule has 1 atom stereocenters. The van der Waals surface area contributed by atoms with E-state index in [1.165, 1.54) is 27.7 Å². The van der Waals surface area contributed by atoms with Gasteiger partial charge in [-0.05, 0) is 43.0 Å². The molecule has 0 fully saturated rings. The summed E-state index contributed by atoms with van der Waals surface area (Å²) in [4.78, 5) is 29.7. The molecule has 1 N–H and O–H groups in total. The molecule has 0 bridgehead atoms. The van der Waals surface area contributed by atoms with Crippen molar-refractivity contribution in [1.82, 2.24) is 14.9 Å². The number of benzene rings is 1. The third-order valence-corrected chi connectivity index (χ3v) is 5.93. The molecule has 0 aliphatic carbocycles. The van der Waals surface area contributed by atoms with Crippen LogP contribution in [0.2, 0.25) is 5.02 Å². The van der Waals surface area contributed by atoms with Gasteiger partial charge in [0.1, 0.15) is 4.70 Å². The van der Waals surface area contributed by atoms with E-state index in [4.69, 9.17) is 11.6 Å². The lowest BCUT2D eigenvalue weighted by Gasteiger charge is -2.14. The zero-order valence-electron chi connectivity index (χ0n) is 14.4. The van der Waals surface area contributed by atoms with E-state index in [2.05, 4.69) is 10.3 Å². The first-order chi connectivity index (χ1) is 12.5. The first-order valence-corrected chi connectivity index (χ1v) is 10.4. The van der Waals surface area contributed by atoms with Crippen LogP contribution in [0.5, 0.6) is 0 Å². The van der Waals surface area contributed by atoms with Gasteiger partial charge < -0.3 is 5.32 Å². The molecular formula is C18H18ClN3O2S2. The smallest absolute Gasteiger partial charge is 0.276 e. The van der Waals surface area contributed by atoms with Crippen molar-refractivity contribution in [2.24, 2.45) is 0 Å². The van der Waals surface area contributed by atoms with Gasteiger partial charge in [-0.25, -0.2) is 4.98 Å². The molecule has 5 nitrogen and oxygen atoms in total. The molecular weight excluding hydrogens is 390 g/mol. The van der Waals surface area contributed by atoms with Crippen LogP contribution in [0.3, 0.4) is 0 Å². The summed E-state index contributed by atoms with van der Waals surface area (Å²) in [5.74, 6) is 0.106. The monoisotopic (exact) mass is 407 g/mol. The fraction of sp³-hybridized carbons (Fsp3) is 0.278. The van der Waals surface area contributed by atoms with Gasteiger partial charge in [-0.2, -0.15) is 0 Å². The maximum atomic E-state index is 13.0. The fourth-order valence-corrected chi connectivity index (χ4v) is 4.15. The summed E-state index contributed by atoms with van der Waals surface area (Å²) in [6, 6.07) is 8.98. The Morgan fingerprint density at radius 2 is 2.23 bits per heavy atom. The Hall–Kier alpha value is -1.83. The summed E-state index contributed by atoms with van der Waals surface area (Å²) in [6.07, 6.45) is 0.864. The lowest BCUT2D eigenvalue weighted by atomic mass is 10.3. The number of rotatable bonds is 6. The number of amides is 1. The number of nitrogens with zero attached hydrogens (tertiary/aromatic N) is 2. The largest absolute Gasteiger partial charge is 0.353 e. The third-order valence-electron chi connectivity index (χ3n) is 3.87. The van der Waals surface area contributed by atoms with E-state index in [1.54, 1.807) is 24.3 Å². The molecule has 3 aromatic rings. The van der Waals surface area contributed by atoms with E-state index in [0.29, 0.717) is 26.1 Å². The maximum Gasteiger partial charge on any atom is 0.276 e. The van der Waals surface area contributed by atoms with E-state index in [9.17, 15) is 9.59 Å². The van der Waals surface area contributed by atoms with Crippen molar-refractivity contribution in [3.63, 3.8) is 0 Å².